The van der Waals surface area contributed by atoms with Gasteiger partial charge in [0.1, 0.15) is 12.4 Å². The zero-order chi connectivity index (χ0) is 20.4. The maximum Gasteiger partial charge on any atom is 0.411 e. The molecule has 0 aliphatic carbocycles. The molecule has 0 radical (unpaired) electrons. The van der Waals surface area contributed by atoms with Crippen LogP contribution in [-0.2, 0) is 29.2 Å². The summed E-state index contributed by atoms with van der Waals surface area (Å²) in [6, 6.07) is 9.47. The van der Waals surface area contributed by atoms with Crippen LogP contribution in [0.25, 0.3) is 0 Å². The molecule has 3 N–H and O–H groups in total. The van der Waals surface area contributed by atoms with Gasteiger partial charge in [0.25, 0.3) is 0 Å². The van der Waals surface area contributed by atoms with Crippen molar-refractivity contribution in [1.29, 1.82) is 0 Å². The number of hydrogen-bond donors (Lipinski definition) is 3. The van der Waals surface area contributed by atoms with Gasteiger partial charge in [-0.2, -0.15) is 13.2 Å². The summed E-state index contributed by atoms with van der Waals surface area (Å²) in [4.78, 5) is 23.3. The van der Waals surface area contributed by atoms with Crippen LogP contribution >= 0.6 is 0 Å². The van der Waals surface area contributed by atoms with E-state index in [-0.39, 0.29) is 32.1 Å². The van der Waals surface area contributed by atoms with E-state index in [9.17, 15) is 22.8 Å². The van der Waals surface area contributed by atoms with Gasteiger partial charge in [-0.1, -0.05) is 24.3 Å². The minimum Gasteiger partial charge on any atom is -0.467 e. The molecule has 7 nitrogen and oxygen atoms in total. The largest absolute Gasteiger partial charge is 0.467 e. The van der Waals surface area contributed by atoms with E-state index in [1.54, 1.807) is 36.4 Å². The van der Waals surface area contributed by atoms with E-state index in [1.807, 2.05) is 0 Å². The highest BCUT2D eigenvalue weighted by Gasteiger charge is 2.27. The van der Waals surface area contributed by atoms with Crippen molar-refractivity contribution in [3.63, 3.8) is 0 Å². The van der Waals surface area contributed by atoms with Crippen LogP contribution in [0.3, 0.4) is 0 Å². The van der Waals surface area contributed by atoms with E-state index in [1.165, 1.54) is 6.26 Å². The number of amides is 3. The van der Waals surface area contributed by atoms with Crippen molar-refractivity contribution in [2.45, 2.75) is 25.9 Å². The fourth-order valence-electron chi connectivity index (χ4n) is 2.10. The van der Waals surface area contributed by atoms with Gasteiger partial charge in [0.05, 0.1) is 26.0 Å². The van der Waals surface area contributed by atoms with E-state index >= 15 is 0 Å². The Morgan fingerprint density at radius 3 is 2.32 bits per heavy atom. The lowest BCUT2D eigenvalue weighted by Gasteiger charge is -2.09. The Labute approximate surface area is 159 Å². The SMILES string of the molecule is O=C(CNC(=O)NCc1ccc(COCC(F)(F)F)cc1)NCc1ccco1. The predicted octanol–water partition coefficient (Wildman–Crippen LogP) is 2.47. The van der Waals surface area contributed by atoms with Crippen LogP contribution in [0.5, 0.6) is 0 Å². The molecule has 0 atom stereocenters. The minimum atomic E-state index is -4.35. The topological polar surface area (TPSA) is 92.6 Å². The summed E-state index contributed by atoms with van der Waals surface area (Å²) in [7, 11) is 0. The maximum absolute atomic E-state index is 12.0. The molecule has 1 aromatic heterocycles. The molecule has 0 saturated heterocycles. The second kappa shape index (κ2) is 10.4. The maximum atomic E-state index is 12.0. The smallest absolute Gasteiger partial charge is 0.411 e. The van der Waals surface area contributed by atoms with E-state index in [0.29, 0.717) is 11.3 Å². The third-order valence-electron chi connectivity index (χ3n) is 3.46. The monoisotopic (exact) mass is 399 g/mol. The lowest BCUT2D eigenvalue weighted by Crippen LogP contribution is -2.41. The molecular formula is C18H20F3N3O4. The summed E-state index contributed by atoms with van der Waals surface area (Å²) < 4.78 is 45.7. The Hall–Kier alpha value is -3.01. The quantitative estimate of drug-likeness (QED) is 0.604. The lowest BCUT2D eigenvalue weighted by molar-refractivity contribution is -0.176. The number of furan rings is 1. The average Bonchev–Trinajstić information content (AvgIpc) is 3.16. The molecule has 10 heteroatoms. The molecule has 3 amide bonds. The summed E-state index contributed by atoms with van der Waals surface area (Å²) in [5.41, 5.74) is 1.34. The summed E-state index contributed by atoms with van der Waals surface area (Å²) in [5.74, 6) is 0.236. The van der Waals surface area contributed by atoms with Gasteiger partial charge in [0.15, 0.2) is 0 Å². The highest BCUT2D eigenvalue weighted by Crippen LogP contribution is 2.15. The Balaban J connectivity index is 1.61. The van der Waals surface area contributed by atoms with Crippen LogP contribution in [0.1, 0.15) is 16.9 Å². The first-order valence-corrected chi connectivity index (χ1v) is 8.35. The van der Waals surface area contributed by atoms with Gasteiger partial charge in [-0.25, -0.2) is 4.79 Å². The van der Waals surface area contributed by atoms with Crippen molar-refractivity contribution < 1.29 is 31.9 Å². The van der Waals surface area contributed by atoms with Crippen molar-refractivity contribution in [2.75, 3.05) is 13.2 Å². The number of nitrogens with one attached hydrogen (secondary N) is 3. The molecule has 1 aromatic carbocycles. The summed E-state index contributed by atoms with van der Waals surface area (Å²) in [6.07, 6.45) is -2.86. The van der Waals surface area contributed by atoms with E-state index in [4.69, 9.17) is 4.42 Å². The molecule has 28 heavy (non-hydrogen) atoms. The second-order valence-corrected chi connectivity index (χ2v) is 5.82. The number of halogens is 3. The Morgan fingerprint density at radius 1 is 0.964 bits per heavy atom. The molecule has 1 heterocycles. The summed E-state index contributed by atoms with van der Waals surface area (Å²) >= 11 is 0. The first kappa shape index (κ1) is 21.3. The molecular weight excluding hydrogens is 379 g/mol. The van der Waals surface area contributed by atoms with Crippen LogP contribution in [0.4, 0.5) is 18.0 Å². The van der Waals surface area contributed by atoms with Crippen LogP contribution in [0.2, 0.25) is 0 Å². The number of hydrogen-bond acceptors (Lipinski definition) is 4. The van der Waals surface area contributed by atoms with Crippen LogP contribution in [-0.4, -0.2) is 31.3 Å². The Morgan fingerprint density at radius 2 is 1.68 bits per heavy atom. The number of urea groups is 1. The van der Waals surface area contributed by atoms with Gasteiger partial charge in [0.2, 0.25) is 5.91 Å². The van der Waals surface area contributed by atoms with Gasteiger partial charge < -0.3 is 25.1 Å². The van der Waals surface area contributed by atoms with Crippen LogP contribution in [0, 0.1) is 0 Å². The van der Waals surface area contributed by atoms with E-state index in [0.717, 1.165) is 5.56 Å². The molecule has 0 aliphatic rings. The fraction of sp³-hybridized carbons (Fsp3) is 0.333. The summed E-state index contributed by atoms with van der Waals surface area (Å²) in [5, 5.41) is 7.58. The molecule has 0 fully saturated rings. The predicted molar refractivity (Wildman–Crippen MR) is 92.9 cm³/mol. The van der Waals surface area contributed by atoms with Crippen molar-refractivity contribution in [3.05, 3.63) is 59.5 Å². The number of alkyl halides is 3. The van der Waals surface area contributed by atoms with Gasteiger partial charge in [-0.15, -0.1) is 0 Å². The molecule has 0 spiro atoms. The average molecular weight is 399 g/mol. The zero-order valence-corrected chi connectivity index (χ0v) is 14.8. The first-order valence-electron chi connectivity index (χ1n) is 8.35. The first-order chi connectivity index (χ1) is 13.3. The van der Waals surface area contributed by atoms with Crippen LogP contribution in [0.15, 0.2) is 47.1 Å². The highest BCUT2D eigenvalue weighted by atomic mass is 19.4. The Bertz CT molecular complexity index is 746. The standard InChI is InChI=1S/C18H20F3N3O4/c19-18(20,21)12-27-11-14-5-3-13(4-6-14)8-23-17(26)24-10-16(25)22-9-15-2-1-7-28-15/h1-7H,8-12H2,(H,22,25)(H2,23,24,26). The molecule has 0 unspecified atom stereocenters. The Kier molecular flexibility index (Phi) is 7.88. The van der Waals surface area contributed by atoms with Gasteiger partial charge in [-0.3, -0.25) is 4.79 Å². The molecule has 152 valence electrons. The number of carbonyl (C=O) groups excluding carboxylic acids is 2. The number of ether oxygens (including phenoxy) is 1. The van der Waals surface area contributed by atoms with E-state index < -0.39 is 18.8 Å². The minimum absolute atomic E-state index is 0.152. The highest BCUT2D eigenvalue weighted by molar-refractivity contribution is 5.83. The van der Waals surface area contributed by atoms with Gasteiger partial charge in [0, 0.05) is 6.54 Å². The third-order valence-corrected chi connectivity index (χ3v) is 3.46. The lowest BCUT2D eigenvalue weighted by atomic mass is 10.1. The number of carbonyl (C=O) groups is 2. The molecule has 0 aliphatic heterocycles. The molecule has 2 rings (SSSR count). The third kappa shape index (κ3) is 8.58. The van der Waals surface area contributed by atoms with Crippen molar-refractivity contribution in [1.82, 2.24) is 16.0 Å². The van der Waals surface area contributed by atoms with Crippen LogP contribution < -0.4 is 16.0 Å². The van der Waals surface area contributed by atoms with E-state index in [2.05, 4.69) is 20.7 Å². The second-order valence-electron chi connectivity index (χ2n) is 5.82. The normalized spacial score (nSPS) is 11.1. The zero-order valence-electron chi connectivity index (χ0n) is 14.8. The van der Waals surface area contributed by atoms with Crippen molar-refractivity contribution in [2.24, 2.45) is 0 Å². The molecule has 0 bridgehead atoms. The van der Waals surface area contributed by atoms with Gasteiger partial charge >= 0.3 is 12.2 Å². The number of benzene rings is 1. The van der Waals surface area contributed by atoms with Crippen molar-refractivity contribution >= 4 is 11.9 Å². The number of rotatable bonds is 9. The molecule has 0 saturated carbocycles. The van der Waals surface area contributed by atoms with Crippen molar-refractivity contribution in [3.8, 4) is 0 Å². The van der Waals surface area contributed by atoms with Gasteiger partial charge in [-0.05, 0) is 23.3 Å². The fourth-order valence-corrected chi connectivity index (χ4v) is 2.10. The summed E-state index contributed by atoms with van der Waals surface area (Å²) in [6.45, 7) is -1.22. The molecule has 2 aromatic rings.